The third-order valence-corrected chi connectivity index (χ3v) is 3.04. The zero-order chi connectivity index (χ0) is 12.6. The van der Waals surface area contributed by atoms with Crippen LogP contribution in [0.4, 0.5) is 4.39 Å². The number of alkyl halides is 1. The highest BCUT2D eigenvalue weighted by atomic mass is 19.1. The summed E-state index contributed by atoms with van der Waals surface area (Å²) in [4.78, 5) is 3.79. The van der Waals surface area contributed by atoms with Crippen molar-refractivity contribution in [1.82, 2.24) is 0 Å². The second-order valence-corrected chi connectivity index (χ2v) is 4.44. The molecule has 0 aromatic rings. The van der Waals surface area contributed by atoms with E-state index in [0.29, 0.717) is 23.6 Å². The molecule has 2 unspecified atom stereocenters. The van der Waals surface area contributed by atoms with Gasteiger partial charge in [0.05, 0.1) is 5.70 Å². The van der Waals surface area contributed by atoms with Crippen LogP contribution in [0.2, 0.25) is 0 Å². The minimum Gasteiger partial charge on any atom is -0.397 e. The van der Waals surface area contributed by atoms with Crippen LogP contribution >= 0.6 is 0 Å². The van der Waals surface area contributed by atoms with Gasteiger partial charge in [0.15, 0.2) is 0 Å². The van der Waals surface area contributed by atoms with Crippen molar-refractivity contribution in [2.24, 2.45) is 16.6 Å². The highest BCUT2D eigenvalue weighted by Crippen LogP contribution is 2.18. The summed E-state index contributed by atoms with van der Waals surface area (Å²) in [5, 5.41) is 0. The van der Waals surface area contributed by atoms with Crippen molar-refractivity contribution in [3.05, 3.63) is 11.3 Å². The van der Waals surface area contributed by atoms with Crippen molar-refractivity contribution in [3.63, 3.8) is 0 Å². The maximum atomic E-state index is 13.7. The molecule has 0 rings (SSSR count). The lowest BCUT2D eigenvalue weighted by Crippen LogP contribution is -2.11. The molecule has 0 aliphatic heterocycles. The Morgan fingerprint density at radius 2 is 2.06 bits per heavy atom. The first-order chi connectivity index (χ1) is 7.52. The smallest absolute Gasteiger partial charge is 0.123 e. The number of nitrogens with two attached hydrogens (primary N) is 1. The minimum atomic E-state index is -0.929. The quantitative estimate of drug-likeness (QED) is 0.666. The molecule has 94 valence electrons. The average Bonchev–Trinajstić information content (AvgIpc) is 2.27. The molecule has 0 aliphatic carbocycles. The predicted octanol–water partition coefficient (Wildman–Crippen LogP) is 3.47. The third kappa shape index (κ3) is 5.89. The molecule has 3 heteroatoms. The number of allylic oxidation sites excluding steroid dienone is 2. The van der Waals surface area contributed by atoms with Crippen molar-refractivity contribution >= 4 is 6.21 Å². The Morgan fingerprint density at radius 1 is 1.44 bits per heavy atom. The summed E-state index contributed by atoms with van der Waals surface area (Å²) in [5.74, 6) is 0.686. The molecular weight excluding hydrogens is 203 g/mol. The molecule has 2 nitrogen and oxygen atoms in total. The van der Waals surface area contributed by atoms with E-state index in [1.165, 1.54) is 6.21 Å². The lowest BCUT2D eigenvalue weighted by molar-refractivity contribution is 0.337. The lowest BCUT2D eigenvalue weighted by Gasteiger charge is -2.12. The fourth-order valence-electron chi connectivity index (χ4n) is 1.49. The molecule has 0 radical (unpaired) electrons. The largest absolute Gasteiger partial charge is 0.397 e. The SMILES string of the molecule is CCC(C)CCCC(F)/C(C)=C(N)/C=N\C. The maximum absolute atomic E-state index is 13.7. The molecule has 0 bridgehead atoms. The fourth-order valence-corrected chi connectivity index (χ4v) is 1.49. The highest BCUT2D eigenvalue weighted by molar-refractivity contribution is 5.78. The molecule has 2 atom stereocenters. The number of halogens is 1. The van der Waals surface area contributed by atoms with Gasteiger partial charge in [0, 0.05) is 13.3 Å². The molecule has 0 aromatic heterocycles. The molecule has 0 aliphatic rings. The van der Waals surface area contributed by atoms with Crippen molar-refractivity contribution in [2.45, 2.75) is 52.6 Å². The van der Waals surface area contributed by atoms with Gasteiger partial charge >= 0.3 is 0 Å². The van der Waals surface area contributed by atoms with Gasteiger partial charge in [-0.15, -0.1) is 0 Å². The molecule has 2 N–H and O–H groups in total. The van der Waals surface area contributed by atoms with Gasteiger partial charge in [-0.1, -0.05) is 26.7 Å². The number of nitrogens with zero attached hydrogens (tertiary/aromatic N) is 1. The number of hydrogen-bond acceptors (Lipinski definition) is 2. The van der Waals surface area contributed by atoms with E-state index in [1.807, 2.05) is 0 Å². The van der Waals surface area contributed by atoms with Crippen molar-refractivity contribution in [1.29, 1.82) is 0 Å². The zero-order valence-electron chi connectivity index (χ0n) is 11.0. The Labute approximate surface area is 98.8 Å². The second-order valence-electron chi connectivity index (χ2n) is 4.44. The van der Waals surface area contributed by atoms with E-state index in [4.69, 9.17) is 5.73 Å². The second kappa shape index (κ2) is 8.31. The predicted molar refractivity (Wildman–Crippen MR) is 69.5 cm³/mol. The van der Waals surface area contributed by atoms with E-state index in [-0.39, 0.29) is 0 Å². The van der Waals surface area contributed by atoms with Crippen molar-refractivity contribution < 1.29 is 4.39 Å². The standard InChI is InChI=1S/C13H25FN2/c1-5-10(2)7-6-8-12(14)11(3)13(15)9-16-4/h9-10,12H,5-8,15H2,1-4H3/b13-11-,16-9-. The van der Waals surface area contributed by atoms with Gasteiger partial charge in [-0.3, -0.25) is 4.99 Å². The Balaban J connectivity index is 4.06. The van der Waals surface area contributed by atoms with Gasteiger partial charge in [-0.25, -0.2) is 4.39 Å². The molecule has 16 heavy (non-hydrogen) atoms. The van der Waals surface area contributed by atoms with Crippen LogP contribution in [-0.4, -0.2) is 19.4 Å². The first-order valence-electron chi connectivity index (χ1n) is 6.05. The fraction of sp³-hybridized carbons (Fsp3) is 0.769. The highest BCUT2D eigenvalue weighted by Gasteiger charge is 2.11. The first kappa shape index (κ1) is 15.1. The van der Waals surface area contributed by atoms with Gasteiger partial charge in [-0.2, -0.15) is 0 Å². The summed E-state index contributed by atoms with van der Waals surface area (Å²) in [6.45, 7) is 6.11. The number of hydrogen-bond donors (Lipinski definition) is 1. The molecule has 0 saturated carbocycles. The molecule has 0 fully saturated rings. The first-order valence-corrected chi connectivity index (χ1v) is 6.05. The average molecular weight is 228 g/mol. The third-order valence-electron chi connectivity index (χ3n) is 3.04. The van der Waals surface area contributed by atoms with Crippen molar-refractivity contribution in [2.75, 3.05) is 7.05 Å². The number of aliphatic imine (C=N–C) groups is 1. The van der Waals surface area contributed by atoms with Gasteiger partial charge in [0.25, 0.3) is 0 Å². The van der Waals surface area contributed by atoms with Crippen LogP contribution in [-0.2, 0) is 0 Å². The molecule has 0 aromatic carbocycles. The molecule has 0 saturated heterocycles. The van der Waals surface area contributed by atoms with Crippen LogP contribution in [0.25, 0.3) is 0 Å². The van der Waals surface area contributed by atoms with Crippen LogP contribution < -0.4 is 5.73 Å². The van der Waals surface area contributed by atoms with E-state index in [0.717, 1.165) is 19.3 Å². The summed E-state index contributed by atoms with van der Waals surface area (Å²) in [7, 11) is 1.64. The lowest BCUT2D eigenvalue weighted by atomic mass is 9.98. The van der Waals surface area contributed by atoms with Crippen LogP contribution in [0.1, 0.15) is 46.5 Å². The Hall–Kier alpha value is -0.860. The van der Waals surface area contributed by atoms with Gasteiger partial charge in [0.2, 0.25) is 0 Å². The van der Waals surface area contributed by atoms with Crippen LogP contribution in [0.3, 0.4) is 0 Å². The van der Waals surface area contributed by atoms with E-state index in [1.54, 1.807) is 14.0 Å². The topological polar surface area (TPSA) is 38.4 Å². The van der Waals surface area contributed by atoms with E-state index in [2.05, 4.69) is 18.8 Å². The zero-order valence-corrected chi connectivity index (χ0v) is 11.0. The Morgan fingerprint density at radius 3 is 2.56 bits per heavy atom. The summed E-state index contributed by atoms with van der Waals surface area (Å²) in [6, 6.07) is 0. The van der Waals surface area contributed by atoms with Gasteiger partial charge in [0.1, 0.15) is 6.17 Å². The Kier molecular flexibility index (Phi) is 7.86. The maximum Gasteiger partial charge on any atom is 0.123 e. The Bertz CT molecular complexity index is 246. The van der Waals surface area contributed by atoms with Crippen LogP contribution in [0.5, 0.6) is 0 Å². The minimum absolute atomic E-state index is 0.457. The normalized spacial score (nSPS) is 17.3. The van der Waals surface area contributed by atoms with E-state index < -0.39 is 6.17 Å². The monoisotopic (exact) mass is 228 g/mol. The summed E-state index contributed by atoms with van der Waals surface area (Å²) in [6.07, 6.45) is 4.32. The summed E-state index contributed by atoms with van der Waals surface area (Å²) < 4.78 is 13.7. The van der Waals surface area contributed by atoms with E-state index in [9.17, 15) is 4.39 Å². The van der Waals surface area contributed by atoms with Crippen molar-refractivity contribution in [3.8, 4) is 0 Å². The van der Waals surface area contributed by atoms with Crippen LogP contribution in [0.15, 0.2) is 16.3 Å². The van der Waals surface area contributed by atoms with Gasteiger partial charge < -0.3 is 5.73 Å². The number of rotatable bonds is 7. The molecular formula is C13H25FN2. The van der Waals surface area contributed by atoms with E-state index >= 15 is 0 Å². The van der Waals surface area contributed by atoms with Crippen LogP contribution in [0, 0.1) is 5.92 Å². The molecule has 0 amide bonds. The summed E-state index contributed by atoms with van der Waals surface area (Å²) >= 11 is 0. The molecule has 0 heterocycles. The van der Waals surface area contributed by atoms with Gasteiger partial charge in [-0.05, 0) is 31.3 Å². The molecule has 0 spiro atoms. The summed E-state index contributed by atoms with van der Waals surface area (Å²) in [5.41, 5.74) is 6.74.